The van der Waals surface area contributed by atoms with Gasteiger partial charge in [0.1, 0.15) is 11.5 Å². The number of benzene rings is 2. The van der Waals surface area contributed by atoms with Crippen LogP contribution in [-0.4, -0.2) is 59.9 Å². The molecule has 3 heterocycles. The molecule has 4 aromatic rings. The highest BCUT2D eigenvalue weighted by atomic mass is 19.1. The first-order chi connectivity index (χ1) is 16.5. The fourth-order valence-corrected chi connectivity index (χ4v) is 4.99. The van der Waals surface area contributed by atoms with Gasteiger partial charge in [-0.25, -0.2) is 4.39 Å². The molecule has 1 aliphatic heterocycles. The van der Waals surface area contributed by atoms with Crippen LogP contribution in [0.25, 0.3) is 33.4 Å². The van der Waals surface area contributed by atoms with Crippen molar-refractivity contribution in [2.75, 3.05) is 44.7 Å². The molecule has 2 aromatic heterocycles. The van der Waals surface area contributed by atoms with Crippen molar-refractivity contribution in [3.8, 4) is 22.5 Å². The summed E-state index contributed by atoms with van der Waals surface area (Å²) in [5.74, 6) is -0.249. The summed E-state index contributed by atoms with van der Waals surface area (Å²) < 4.78 is 14.5. The van der Waals surface area contributed by atoms with Gasteiger partial charge in [-0.2, -0.15) is 5.10 Å². The molecule has 0 spiro atoms. The number of rotatable bonds is 5. The summed E-state index contributed by atoms with van der Waals surface area (Å²) in [6.45, 7) is 4.78. The second kappa shape index (κ2) is 8.18. The number of hydrogen-bond donors (Lipinski definition) is 2. The monoisotopic (exact) mass is 456 g/mol. The highest BCUT2D eigenvalue weighted by molar-refractivity contribution is 5.94. The minimum absolute atomic E-state index is 0.0761. The van der Waals surface area contributed by atoms with E-state index in [4.69, 9.17) is 5.73 Å². The number of nitrogens with two attached hydrogens (primary N) is 1. The molecule has 1 aliphatic carbocycles. The number of anilines is 1. The molecule has 2 aromatic carbocycles. The van der Waals surface area contributed by atoms with E-state index in [0.717, 1.165) is 78.0 Å². The summed E-state index contributed by atoms with van der Waals surface area (Å²) in [4.78, 5) is 9.37. The van der Waals surface area contributed by atoms with Crippen molar-refractivity contribution in [2.45, 2.75) is 18.3 Å². The Morgan fingerprint density at radius 2 is 1.76 bits per heavy atom. The van der Waals surface area contributed by atoms with Crippen LogP contribution >= 0.6 is 0 Å². The number of piperazine rings is 1. The third-order valence-electron chi connectivity index (χ3n) is 7.51. The van der Waals surface area contributed by atoms with Gasteiger partial charge in [0.25, 0.3) is 0 Å². The second-order valence-electron chi connectivity index (χ2n) is 9.74. The summed E-state index contributed by atoms with van der Waals surface area (Å²) in [5, 5.41) is 8.64. The minimum Gasteiger partial charge on any atom is -0.369 e. The maximum atomic E-state index is 14.5. The molecule has 0 bridgehead atoms. The van der Waals surface area contributed by atoms with Crippen molar-refractivity contribution in [1.82, 2.24) is 20.1 Å². The number of pyridine rings is 1. The van der Waals surface area contributed by atoms with Gasteiger partial charge in [0, 0.05) is 60.3 Å². The van der Waals surface area contributed by atoms with Gasteiger partial charge in [0.15, 0.2) is 0 Å². The maximum absolute atomic E-state index is 14.5. The molecule has 7 heteroatoms. The van der Waals surface area contributed by atoms with Gasteiger partial charge in [-0.3, -0.25) is 10.1 Å². The van der Waals surface area contributed by atoms with E-state index in [1.54, 1.807) is 18.3 Å². The summed E-state index contributed by atoms with van der Waals surface area (Å²) in [6, 6.07) is 15.8. The quantitative estimate of drug-likeness (QED) is 0.472. The third-order valence-corrected chi connectivity index (χ3v) is 7.51. The van der Waals surface area contributed by atoms with Crippen molar-refractivity contribution in [2.24, 2.45) is 5.73 Å². The summed E-state index contributed by atoms with van der Waals surface area (Å²) in [5.41, 5.74) is 12.4. The van der Waals surface area contributed by atoms with Crippen LogP contribution in [0.1, 0.15) is 18.4 Å². The molecule has 6 nitrogen and oxygen atoms in total. The van der Waals surface area contributed by atoms with Crippen LogP contribution in [0.5, 0.6) is 0 Å². The zero-order valence-corrected chi connectivity index (χ0v) is 19.4. The van der Waals surface area contributed by atoms with E-state index in [9.17, 15) is 4.39 Å². The first-order valence-corrected chi connectivity index (χ1v) is 11.9. The Bertz CT molecular complexity index is 1330. The Morgan fingerprint density at radius 1 is 1.00 bits per heavy atom. The van der Waals surface area contributed by atoms with E-state index >= 15 is 0 Å². The van der Waals surface area contributed by atoms with E-state index in [1.807, 2.05) is 12.1 Å². The van der Waals surface area contributed by atoms with E-state index in [-0.39, 0.29) is 11.2 Å². The van der Waals surface area contributed by atoms with Gasteiger partial charge >= 0.3 is 0 Å². The first kappa shape index (κ1) is 21.3. The highest BCUT2D eigenvalue weighted by Crippen LogP contribution is 2.48. The number of hydrogen-bond acceptors (Lipinski definition) is 5. The zero-order chi connectivity index (χ0) is 23.3. The second-order valence-corrected chi connectivity index (χ2v) is 9.74. The van der Waals surface area contributed by atoms with Crippen LogP contribution in [0.4, 0.5) is 10.1 Å². The van der Waals surface area contributed by atoms with E-state index < -0.39 is 0 Å². The van der Waals surface area contributed by atoms with Gasteiger partial charge in [0.2, 0.25) is 0 Å². The van der Waals surface area contributed by atoms with Crippen LogP contribution in [0, 0.1) is 5.82 Å². The molecule has 0 unspecified atom stereocenters. The van der Waals surface area contributed by atoms with Gasteiger partial charge < -0.3 is 15.5 Å². The minimum atomic E-state index is -0.249. The molecule has 34 heavy (non-hydrogen) atoms. The summed E-state index contributed by atoms with van der Waals surface area (Å²) >= 11 is 0. The lowest BCUT2D eigenvalue weighted by molar-refractivity contribution is 0.313. The van der Waals surface area contributed by atoms with Gasteiger partial charge in [-0.1, -0.05) is 12.1 Å². The molecule has 0 amide bonds. The fourth-order valence-electron chi connectivity index (χ4n) is 4.99. The number of aromatic amines is 1. The largest absolute Gasteiger partial charge is 0.369 e. The smallest absolute Gasteiger partial charge is 0.124 e. The van der Waals surface area contributed by atoms with Crippen LogP contribution in [0.3, 0.4) is 0 Å². The van der Waals surface area contributed by atoms with Crippen LogP contribution in [0.2, 0.25) is 0 Å². The maximum Gasteiger partial charge on any atom is 0.124 e. The molecule has 0 radical (unpaired) electrons. The molecule has 1 saturated carbocycles. The Balaban J connectivity index is 1.33. The lowest BCUT2D eigenvalue weighted by atomic mass is 9.93. The number of nitrogens with one attached hydrogen (secondary N) is 1. The molecule has 3 N–H and O–H groups in total. The average Bonchev–Trinajstić information content (AvgIpc) is 3.56. The topological polar surface area (TPSA) is 74.1 Å². The van der Waals surface area contributed by atoms with Crippen molar-refractivity contribution in [3.63, 3.8) is 0 Å². The Morgan fingerprint density at radius 3 is 2.47 bits per heavy atom. The average molecular weight is 457 g/mol. The van der Waals surface area contributed by atoms with Crippen molar-refractivity contribution >= 4 is 16.6 Å². The van der Waals surface area contributed by atoms with E-state index in [0.29, 0.717) is 6.54 Å². The molecular formula is C27H29FN6. The van der Waals surface area contributed by atoms with Crippen LogP contribution < -0.4 is 10.6 Å². The number of H-pyrrole nitrogens is 1. The van der Waals surface area contributed by atoms with Crippen molar-refractivity contribution in [3.05, 3.63) is 66.1 Å². The SMILES string of the molecule is CN1CCN(c2ccc(-c3n[nH]c4cnc(-c5cc(F)cc(C6(CN)CC6)c5)cc34)cc2)CC1. The van der Waals surface area contributed by atoms with Gasteiger partial charge in [0.05, 0.1) is 17.4 Å². The Labute approximate surface area is 198 Å². The predicted molar refractivity (Wildman–Crippen MR) is 134 cm³/mol. The normalized spacial score (nSPS) is 17.9. The van der Waals surface area contributed by atoms with E-state index in [2.05, 4.69) is 56.3 Å². The molecule has 1 saturated heterocycles. The number of halogens is 1. The zero-order valence-electron chi connectivity index (χ0n) is 19.4. The fraction of sp³-hybridized carbons (Fsp3) is 0.333. The Hall–Kier alpha value is -3.29. The first-order valence-electron chi connectivity index (χ1n) is 11.9. The van der Waals surface area contributed by atoms with Gasteiger partial charge in [-0.05, 0) is 61.9 Å². The number of aromatic nitrogens is 3. The third kappa shape index (κ3) is 3.75. The molecule has 2 aliphatic rings. The van der Waals surface area contributed by atoms with Crippen molar-refractivity contribution < 1.29 is 4.39 Å². The lowest BCUT2D eigenvalue weighted by Crippen LogP contribution is -2.44. The molecular weight excluding hydrogens is 427 g/mol. The number of likely N-dealkylation sites (N-methyl/N-ethyl adjacent to an activating group) is 1. The predicted octanol–water partition coefficient (Wildman–Crippen LogP) is 4.17. The molecule has 0 atom stereocenters. The van der Waals surface area contributed by atoms with Gasteiger partial charge in [-0.15, -0.1) is 0 Å². The lowest BCUT2D eigenvalue weighted by Gasteiger charge is -2.34. The standard InChI is InChI=1S/C27H29FN6/c1-33-8-10-34(11-9-33)22-4-2-18(3-5-22)26-23-15-24(30-16-25(23)31-32-26)19-12-20(14-21(28)13-19)27(17-29)6-7-27/h2-5,12-16H,6-11,17,29H2,1H3,(H,31,32). The summed E-state index contributed by atoms with van der Waals surface area (Å²) in [6.07, 6.45) is 3.80. The van der Waals surface area contributed by atoms with E-state index in [1.165, 1.54) is 5.69 Å². The number of nitrogens with zero attached hydrogens (tertiary/aromatic N) is 4. The molecule has 174 valence electrons. The molecule has 6 rings (SSSR count). The number of fused-ring (bicyclic) bond motifs is 1. The van der Waals surface area contributed by atoms with Crippen LogP contribution in [0.15, 0.2) is 54.7 Å². The van der Waals surface area contributed by atoms with Crippen molar-refractivity contribution in [1.29, 1.82) is 0 Å². The Kier molecular flexibility index (Phi) is 5.12. The van der Waals surface area contributed by atoms with Crippen LogP contribution in [-0.2, 0) is 5.41 Å². The molecule has 2 fully saturated rings. The highest BCUT2D eigenvalue weighted by Gasteiger charge is 2.43. The summed E-state index contributed by atoms with van der Waals surface area (Å²) in [7, 11) is 2.17.